The van der Waals surface area contributed by atoms with E-state index in [2.05, 4.69) is 0 Å². The van der Waals surface area contributed by atoms with Crippen LogP contribution < -0.4 is 0 Å². The van der Waals surface area contributed by atoms with Crippen molar-refractivity contribution < 1.29 is 0 Å². The SMILES string of the molecule is C1CC2CCC1CC2CC1CC2CCC1CC2. The molecule has 0 aliphatic heterocycles. The van der Waals surface area contributed by atoms with Gasteiger partial charge in [-0.1, -0.05) is 25.7 Å². The van der Waals surface area contributed by atoms with Crippen molar-refractivity contribution in [1.29, 1.82) is 0 Å². The molecule has 6 rings (SSSR count). The highest BCUT2D eigenvalue weighted by atomic mass is 14.5. The monoisotopic (exact) mass is 232 g/mol. The molecule has 0 heteroatoms. The Balaban J connectivity index is 1.41. The fraction of sp³-hybridized carbons (Fsp3) is 1.00. The molecule has 0 aromatic heterocycles. The Hall–Kier alpha value is 0. The zero-order chi connectivity index (χ0) is 11.2. The average molecular weight is 232 g/mol. The van der Waals surface area contributed by atoms with Crippen LogP contribution in [-0.4, -0.2) is 0 Å². The van der Waals surface area contributed by atoms with E-state index >= 15 is 0 Å². The lowest BCUT2D eigenvalue weighted by Gasteiger charge is -2.48. The maximum Gasteiger partial charge on any atom is -0.0380 e. The van der Waals surface area contributed by atoms with Crippen LogP contribution in [-0.2, 0) is 0 Å². The first-order chi connectivity index (χ1) is 8.38. The molecule has 6 saturated carbocycles. The van der Waals surface area contributed by atoms with Crippen LogP contribution in [0.15, 0.2) is 0 Å². The summed E-state index contributed by atoms with van der Waals surface area (Å²) in [6.45, 7) is 0. The molecule has 17 heavy (non-hydrogen) atoms. The third kappa shape index (κ3) is 1.96. The summed E-state index contributed by atoms with van der Waals surface area (Å²) in [7, 11) is 0. The minimum Gasteiger partial charge on any atom is -0.0502 e. The highest BCUT2D eigenvalue weighted by molar-refractivity contribution is 4.92. The van der Waals surface area contributed by atoms with Gasteiger partial charge in [-0.3, -0.25) is 0 Å². The molecule has 0 aromatic rings. The molecule has 0 spiro atoms. The van der Waals surface area contributed by atoms with Gasteiger partial charge in [-0.15, -0.1) is 0 Å². The van der Waals surface area contributed by atoms with Crippen LogP contribution in [0.1, 0.15) is 70.6 Å². The second-order valence-electron chi connectivity index (χ2n) is 7.79. The van der Waals surface area contributed by atoms with Crippen molar-refractivity contribution in [3.63, 3.8) is 0 Å². The Morgan fingerprint density at radius 2 is 0.941 bits per heavy atom. The standard InChI is InChI=1S/C17H28/c1-5-14-6-2-12(1)9-16(14)11-17-10-13-3-7-15(17)8-4-13/h12-17H,1-11H2. The van der Waals surface area contributed by atoms with Gasteiger partial charge in [0.15, 0.2) is 0 Å². The van der Waals surface area contributed by atoms with Crippen molar-refractivity contribution in [2.24, 2.45) is 35.5 Å². The summed E-state index contributed by atoms with van der Waals surface area (Å²) in [5, 5.41) is 0. The van der Waals surface area contributed by atoms with Gasteiger partial charge in [0.25, 0.3) is 0 Å². The molecular formula is C17H28. The molecule has 6 aliphatic rings. The number of fused-ring (bicyclic) bond motifs is 6. The van der Waals surface area contributed by atoms with Gasteiger partial charge >= 0.3 is 0 Å². The first-order valence-corrected chi connectivity index (χ1v) is 8.38. The van der Waals surface area contributed by atoms with E-state index in [1.807, 2.05) is 0 Å². The van der Waals surface area contributed by atoms with Crippen molar-refractivity contribution >= 4 is 0 Å². The first kappa shape index (κ1) is 10.9. The molecule has 0 aromatic carbocycles. The van der Waals surface area contributed by atoms with Crippen LogP contribution >= 0.6 is 0 Å². The lowest BCUT2D eigenvalue weighted by Crippen LogP contribution is -2.37. The van der Waals surface area contributed by atoms with Gasteiger partial charge in [-0.05, 0) is 80.5 Å². The Bertz CT molecular complexity index is 238. The van der Waals surface area contributed by atoms with Crippen LogP contribution in [0.3, 0.4) is 0 Å². The van der Waals surface area contributed by atoms with E-state index < -0.39 is 0 Å². The highest BCUT2D eigenvalue weighted by Gasteiger charge is 2.41. The molecular weight excluding hydrogens is 204 g/mol. The summed E-state index contributed by atoms with van der Waals surface area (Å²) in [5.74, 6) is 6.91. The second-order valence-corrected chi connectivity index (χ2v) is 7.79. The number of hydrogen-bond acceptors (Lipinski definition) is 0. The van der Waals surface area contributed by atoms with Crippen LogP contribution in [0.4, 0.5) is 0 Å². The van der Waals surface area contributed by atoms with E-state index in [0.717, 1.165) is 35.5 Å². The normalized spacial score (nSPS) is 52.9. The first-order valence-electron chi connectivity index (χ1n) is 8.38. The Labute approximate surface area is 107 Å². The van der Waals surface area contributed by atoms with Gasteiger partial charge in [0.1, 0.15) is 0 Å². The van der Waals surface area contributed by atoms with Crippen molar-refractivity contribution in [2.75, 3.05) is 0 Å². The second kappa shape index (κ2) is 4.28. The quantitative estimate of drug-likeness (QED) is 0.626. The Morgan fingerprint density at radius 3 is 1.24 bits per heavy atom. The van der Waals surface area contributed by atoms with Crippen molar-refractivity contribution in [2.45, 2.75) is 70.6 Å². The molecule has 2 unspecified atom stereocenters. The third-order valence-electron chi connectivity index (χ3n) is 6.99. The van der Waals surface area contributed by atoms with E-state index in [-0.39, 0.29) is 0 Å². The predicted octanol–water partition coefficient (Wildman–Crippen LogP) is 5.03. The van der Waals surface area contributed by atoms with Gasteiger partial charge < -0.3 is 0 Å². The topological polar surface area (TPSA) is 0 Å². The Morgan fingerprint density at radius 1 is 0.529 bits per heavy atom. The van der Waals surface area contributed by atoms with Gasteiger partial charge in [0, 0.05) is 0 Å². The highest BCUT2D eigenvalue weighted by Crippen LogP contribution is 2.52. The summed E-state index contributed by atoms with van der Waals surface area (Å²) in [6.07, 6.45) is 17.6. The van der Waals surface area contributed by atoms with E-state index in [9.17, 15) is 0 Å². The van der Waals surface area contributed by atoms with E-state index in [1.54, 1.807) is 70.6 Å². The Kier molecular flexibility index (Phi) is 2.74. The summed E-state index contributed by atoms with van der Waals surface area (Å²) >= 11 is 0. The van der Waals surface area contributed by atoms with E-state index in [4.69, 9.17) is 0 Å². The predicted molar refractivity (Wildman–Crippen MR) is 71.7 cm³/mol. The lowest BCUT2D eigenvalue weighted by atomic mass is 9.58. The number of rotatable bonds is 2. The van der Waals surface area contributed by atoms with Crippen LogP contribution in [0.25, 0.3) is 0 Å². The third-order valence-corrected chi connectivity index (χ3v) is 6.99. The summed E-state index contributed by atoms with van der Waals surface area (Å²) < 4.78 is 0. The summed E-state index contributed by atoms with van der Waals surface area (Å²) in [6, 6.07) is 0. The van der Waals surface area contributed by atoms with Crippen molar-refractivity contribution in [1.82, 2.24) is 0 Å². The fourth-order valence-corrected chi connectivity index (χ4v) is 6.00. The minimum absolute atomic E-state index is 1.14. The summed E-state index contributed by atoms with van der Waals surface area (Å²) in [5.41, 5.74) is 0. The van der Waals surface area contributed by atoms with E-state index in [0.29, 0.717) is 0 Å². The van der Waals surface area contributed by atoms with Crippen molar-refractivity contribution in [3.8, 4) is 0 Å². The van der Waals surface area contributed by atoms with Crippen molar-refractivity contribution in [3.05, 3.63) is 0 Å². The largest absolute Gasteiger partial charge is 0.0502 e. The molecule has 0 nitrogen and oxygen atoms in total. The maximum absolute atomic E-state index is 1.64. The van der Waals surface area contributed by atoms with Crippen LogP contribution in [0.5, 0.6) is 0 Å². The van der Waals surface area contributed by atoms with Gasteiger partial charge in [0.05, 0.1) is 0 Å². The minimum atomic E-state index is 1.14. The smallest absolute Gasteiger partial charge is 0.0380 e. The maximum atomic E-state index is 1.64. The summed E-state index contributed by atoms with van der Waals surface area (Å²) in [4.78, 5) is 0. The zero-order valence-corrected chi connectivity index (χ0v) is 11.2. The molecule has 0 amide bonds. The lowest BCUT2D eigenvalue weighted by molar-refractivity contribution is 0.0312. The van der Waals surface area contributed by atoms with Crippen LogP contribution in [0, 0.1) is 35.5 Å². The van der Waals surface area contributed by atoms with Gasteiger partial charge in [-0.2, -0.15) is 0 Å². The zero-order valence-electron chi connectivity index (χ0n) is 11.2. The average Bonchev–Trinajstić information content (AvgIpc) is 2.41. The molecule has 0 radical (unpaired) electrons. The molecule has 2 atom stereocenters. The van der Waals surface area contributed by atoms with Crippen LogP contribution in [0.2, 0.25) is 0 Å². The molecule has 0 N–H and O–H groups in total. The van der Waals surface area contributed by atoms with Gasteiger partial charge in [0.2, 0.25) is 0 Å². The molecule has 0 heterocycles. The molecule has 6 fully saturated rings. The van der Waals surface area contributed by atoms with E-state index in [1.165, 1.54) is 0 Å². The fourth-order valence-electron chi connectivity index (χ4n) is 6.00. The molecule has 96 valence electrons. The molecule has 0 saturated heterocycles. The van der Waals surface area contributed by atoms with Gasteiger partial charge in [-0.25, -0.2) is 0 Å². The number of hydrogen-bond donors (Lipinski definition) is 0. The molecule has 6 aliphatic carbocycles. The molecule has 4 bridgehead atoms.